The van der Waals surface area contributed by atoms with E-state index in [1.165, 1.54) is 11.3 Å². The van der Waals surface area contributed by atoms with Crippen LogP contribution >= 0.6 is 11.3 Å². The lowest BCUT2D eigenvalue weighted by molar-refractivity contribution is -0.938. The van der Waals surface area contributed by atoms with Crippen molar-refractivity contribution in [2.75, 3.05) is 26.2 Å². The van der Waals surface area contributed by atoms with Crippen molar-refractivity contribution in [3.63, 3.8) is 0 Å². The standard InChI is InChI=1S/C22H27N2O3S.CH4/c23-18(13-16-5-2-1-3-6-16)22(26)27-20-15-24(10-8-17(20)9-11-24)14-19(25)21-7-4-12-28-21;/h1-7,12,17-18,20H,8-11,13-15,23H2;1H4/q+1;/t17?,18-,20-,24?;/m0./s1. The summed E-state index contributed by atoms with van der Waals surface area (Å²) in [6.45, 7) is 3.21. The molecule has 0 radical (unpaired) electrons. The summed E-state index contributed by atoms with van der Waals surface area (Å²) in [6, 6.07) is 12.9. The van der Waals surface area contributed by atoms with Gasteiger partial charge in [0.25, 0.3) is 0 Å². The molecule has 6 heteroatoms. The number of Topliss-reactive ketones (excluding diaryl/α,β-unsaturated/α-hetero) is 1. The number of fused-ring (bicyclic) bond motifs is 3. The largest absolute Gasteiger partial charge is 0.455 e. The van der Waals surface area contributed by atoms with Crippen LogP contribution in [0.3, 0.4) is 0 Å². The van der Waals surface area contributed by atoms with Crippen LogP contribution in [-0.4, -0.2) is 54.6 Å². The summed E-state index contributed by atoms with van der Waals surface area (Å²) < 4.78 is 6.60. The second kappa shape index (κ2) is 9.20. The van der Waals surface area contributed by atoms with E-state index in [4.69, 9.17) is 10.5 Å². The van der Waals surface area contributed by atoms with E-state index in [9.17, 15) is 9.59 Å². The fourth-order valence-electron chi connectivity index (χ4n) is 4.58. The van der Waals surface area contributed by atoms with Gasteiger partial charge in [-0.3, -0.25) is 9.59 Å². The molecule has 3 saturated heterocycles. The van der Waals surface area contributed by atoms with E-state index < -0.39 is 6.04 Å². The topological polar surface area (TPSA) is 69.4 Å². The van der Waals surface area contributed by atoms with Crippen LogP contribution in [0.4, 0.5) is 0 Å². The monoisotopic (exact) mass is 415 g/mol. The van der Waals surface area contributed by atoms with Crippen LogP contribution < -0.4 is 5.73 Å². The van der Waals surface area contributed by atoms with E-state index in [0.717, 1.165) is 47.4 Å². The summed E-state index contributed by atoms with van der Waals surface area (Å²) in [4.78, 5) is 26.1. The maximum Gasteiger partial charge on any atom is 0.323 e. The summed E-state index contributed by atoms with van der Waals surface area (Å²) in [5.74, 6) is 0.260. The highest BCUT2D eigenvalue weighted by Gasteiger charge is 2.48. The van der Waals surface area contributed by atoms with E-state index in [1.54, 1.807) is 0 Å². The molecule has 29 heavy (non-hydrogen) atoms. The lowest BCUT2D eigenvalue weighted by atomic mass is 9.83. The molecule has 1 aromatic heterocycles. The van der Waals surface area contributed by atoms with Crippen molar-refractivity contribution >= 4 is 23.1 Å². The normalized spacial score (nSPS) is 26.4. The van der Waals surface area contributed by atoms with E-state index in [2.05, 4.69) is 0 Å². The highest BCUT2D eigenvalue weighted by molar-refractivity contribution is 7.12. The van der Waals surface area contributed by atoms with Crippen molar-refractivity contribution in [1.29, 1.82) is 0 Å². The van der Waals surface area contributed by atoms with Crippen LogP contribution in [0.15, 0.2) is 47.8 Å². The molecule has 0 spiro atoms. The number of ether oxygens (including phenoxy) is 1. The third kappa shape index (κ3) is 4.94. The number of hydrogen-bond acceptors (Lipinski definition) is 5. The lowest BCUT2D eigenvalue weighted by Gasteiger charge is -2.51. The molecule has 3 aliphatic heterocycles. The van der Waals surface area contributed by atoms with E-state index in [1.807, 2.05) is 47.8 Å². The number of carbonyl (C=O) groups is 2. The molecular weight excluding hydrogens is 384 g/mol. The fraction of sp³-hybridized carbons (Fsp3) is 0.478. The molecule has 2 bridgehead atoms. The Morgan fingerprint density at radius 2 is 1.86 bits per heavy atom. The van der Waals surface area contributed by atoms with Crippen LogP contribution in [-0.2, 0) is 16.0 Å². The van der Waals surface area contributed by atoms with Gasteiger partial charge in [-0.2, -0.15) is 0 Å². The van der Waals surface area contributed by atoms with Gasteiger partial charge in [0.2, 0.25) is 5.78 Å². The zero-order valence-electron chi connectivity index (χ0n) is 16.0. The third-order valence-electron chi connectivity index (χ3n) is 6.19. The molecule has 0 saturated carbocycles. The maximum absolute atomic E-state index is 12.7. The predicted molar refractivity (Wildman–Crippen MR) is 116 cm³/mol. The van der Waals surface area contributed by atoms with Gasteiger partial charge in [0.05, 0.1) is 18.0 Å². The van der Waals surface area contributed by atoms with Gasteiger partial charge in [-0.1, -0.05) is 43.8 Å². The smallest absolute Gasteiger partial charge is 0.323 e. The average molecular weight is 416 g/mol. The van der Waals surface area contributed by atoms with Crippen molar-refractivity contribution in [3.8, 4) is 0 Å². The SMILES string of the molecule is C.N[C@@H](Cc1ccccc1)C(=O)O[C@H]1C[N+]2(CC(=O)c3cccs3)CCC1CC2. The summed E-state index contributed by atoms with van der Waals surface area (Å²) in [5, 5.41) is 1.94. The Balaban J connectivity index is 0.00000240. The molecule has 2 N–H and O–H groups in total. The van der Waals surface area contributed by atoms with Crippen molar-refractivity contribution in [1.82, 2.24) is 0 Å². The Morgan fingerprint density at radius 3 is 2.52 bits per heavy atom. The number of quaternary nitrogens is 1. The summed E-state index contributed by atoms with van der Waals surface area (Å²) in [5.41, 5.74) is 7.14. The molecule has 3 aliphatic rings. The Labute approximate surface area is 177 Å². The lowest BCUT2D eigenvalue weighted by Crippen LogP contribution is -2.66. The number of carbonyl (C=O) groups excluding carboxylic acids is 2. The van der Waals surface area contributed by atoms with E-state index >= 15 is 0 Å². The van der Waals surface area contributed by atoms with Crippen LogP contribution in [0, 0.1) is 5.92 Å². The number of hydrogen-bond donors (Lipinski definition) is 1. The Bertz CT molecular complexity index is 814. The Hall–Kier alpha value is -2.02. The van der Waals surface area contributed by atoms with Crippen molar-refractivity contribution in [2.45, 2.75) is 38.8 Å². The molecular formula is C23H31N2O3S+. The molecule has 2 aromatic rings. The quantitative estimate of drug-likeness (QED) is 0.428. The second-order valence-corrected chi connectivity index (χ2v) is 9.09. The molecule has 3 fully saturated rings. The van der Waals surface area contributed by atoms with Crippen LogP contribution in [0.25, 0.3) is 0 Å². The van der Waals surface area contributed by atoms with Crippen molar-refractivity contribution < 1.29 is 18.8 Å². The van der Waals surface area contributed by atoms with Gasteiger partial charge in [0, 0.05) is 18.8 Å². The van der Waals surface area contributed by atoms with Crippen LogP contribution in [0.2, 0.25) is 0 Å². The number of thiophene rings is 1. The zero-order valence-corrected chi connectivity index (χ0v) is 16.8. The first-order chi connectivity index (χ1) is 13.5. The number of piperidine rings is 3. The molecule has 156 valence electrons. The summed E-state index contributed by atoms with van der Waals surface area (Å²) >= 11 is 1.50. The minimum Gasteiger partial charge on any atom is -0.455 e. The molecule has 2 atom stereocenters. The molecule has 0 amide bonds. The highest BCUT2D eigenvalue weighted by Crippen LogP contribution is 2.36. The fourth-order valence-corrected chi connectivity index (χ4v) is 5.24. The first-order valence-corrected chi connectivity index (χ1v) is 10.8. The Kier molecular flexibility index (Phi) is 6.88. The number of benzene rings is 1. The zero-order chi connectivity index (χ0) is 19.6. The third-order valence-corrected chi connectivity index (χ3v) is 7.10. The van der Waals surface area contributed by atoms with Crippen molar-refractivity contribution in [2.24, 2.45) is 11.7 Å². The van der Waals surface area contributed by atoms with Gasteiger partial charge in [0.1, 0.15) is 19.1 Å². The first kappa shape index (κ1) is 21.7. The van der Waals surface area contributed by atoms with E-state index in [-0.39, 0.29) is 25.3 Å². The van der Waals surface area contributed by atoms with Crippen LogP contribution in [0.5, 0.6) is 0 Å². The maximum atomic E-state index is 12.7. The molecule has 5 rings (SSSR count). The van der Waals surface area contributed by atoms with Gasteiger partial charge in [-0.15, -0.1) is 11.3 Å². The Morgan fingerprint density at radius 1 is 1.14 bits per heavy atom. The van der Waals surface area contributed by atoms with Crippen LogP contribution in [0.1, 0.15) is 35.5 Å². The molecule has 4 heterocycles. The van der Waals surface area contributed by atoms with Crippen molar-refractivity contribution in [3.05, 3.63) is 58.3 Å². The number of ketones is 1. The highest BCUT2D eigenvalue weighted by atomic mass is 32.1. The minimum absolute atomic E-state index is 0. The predicted octanol–water partition coefficient (Wildman–Crippen LogP) is 3.29. The second-order valence-electron chi connectivity index (χ2n) is 8.14. The number of nitrogens with two attached hydrogens (primary N) is 1. The number of esters is 1. The summed E-state index contributed by atoms with van der Waals surface area (Å²) in [7, 11) is 0. The minimum atomic E-state index is -0.654. The molecule has 0 aliphatic carbocycles. The molecule has 0 unspecified atom stereocenters. The van der Waals surface area contributed by atoms with Gasteiger partial charge in [-0.25, -0.2) is 0 Å². The van der Waals surface area contributed by atoms with Gasteiger partial charge in [0.15, 0.2) is 6.10 Å². The summed E-state index contributed by atoms with van der Waals surface area (Å²) in [6.07, 6.45) is 2.36. The van der Waals surface area contributed by atoms with E-state index in [0.29, 0.717) is 18.9 Å². The van der Waals surface area contributed by atoms with Gasteiger partial charge < -0.3 is 15.0 Å². The number of rotatable bonds is 7. The number of nitrogens with zero attached hydrogens (tertiary/aromatic N) is 1. The van der Waals surface area contributed by atoms with Gasteiger partial charge in [-0.05, 0) is 23.4 Å². The van der Waals surface area contributed by atoms with Gasteiger partial charge >= 0.3 is 5.97 Å². The molecule has 1 aromatic carbocycles. The average Bonchev–Trinajstić information content (AvgIpc) is 3.24. The molecule has 5 nitrogen and oxygen atoms in total. The first-order valence-electron chi connectivity index (χ1n) is 9.96.